The molecule has 0 fully saturated rings. The van der Waals surface area contributed by atoms with E-state index in [1.165, 1.54) is 11.3 Å². The number of hydrogen-bond donors (Lipinski definition) is 1. The number of hydrogen-bond acceptors (Lipinski definition) is 2. The van der Waals surface area contributed by atoms with Crippen molar-refractivity contribution in [3.63, 3.8) is 0 Å². The Morgan fingerprint density at radius 1 is 0.958 bits per heavy atom. The van der Waals surface area contributed by atoms with Gasteiger partial charge in [-0.15, -0.1) is 0 Å². The molecule has 0 saturated carbocycles. The van der Waals surface area contributed by atoms with E-state index in [-0.39, 0.29) is 21.8 Å². The van der Waals surface area contributed by atoms with Gasteiger partial charge in [-0.25, -0.2) is 0 Å². The van der Waals surface area contributed by atoms with E-state index in [2.05, 4.69) is 85.4 Å². The standard InChI is InChI=1S/C22H37NO/c1-15(24)16-12-11-13-17-18(16)22(19(2,3)4,20(5,6)7)14-23(17)21(8,9)10/h11-13,15,24H,14H2,1-10H3. The first-order valence-corrected chi connectivity index (χ1v) is 9.24. The van der Waals surface area contributed by atoms with Gasteiger partial charge in [0.25, 0.3) is 0 Å². The molecule has 136 valence electrons. The molecule has 0 radical (unpaired) electrons. The van der Waals surface area contributed by atoms with Crippen LogP contribution in [0.15, 0.2) is 18.2 Å². The summed E-state index contributed by atoms with van der Waals surface area (Å²) in [6.45, 7) is 23.9. The second-order valence-electron chi connectivity index (χ2n) is 10.6. The van der Waals surface area contributed by atoms with E-state index in [0.29, 0.717) is 0 Å². The third-order valence-corrected chi connectivity index (χ3v) is 6.01. The Labute approximate surface area is 149 Å². The maximum atomic E-state index is 10.5. The number of rotatable bonds is 1. The highest BCUT2D eigenvalue weighted by Gasteiger charge is 2.59. The molecular formula is C22H37NO. The van der Waals surface area contributed by atoms with Gasteiger partial charge in [0.15, 0.2) is 0 Å². The molecule has 2 heteroatoms. The van der Waals surface area contributed by atoms with Gasteiger partial charge in [-0.1, -0.05) is 53.7 Å². The first-order chi connectivity index (χ1) is 10.6. The third kappa shape index (κ3) is 2.67. The third-order valence-electron chi connectivity index (χ3n) is 6.01. The summed E-state index contributed by atoms with van der Waals surface area (Å²) in [5.74, 6) is 0. The molecule has 1 aliphatic rings. The number of aliphatic hydroxyl groups is 1. The predicted molar refractivity (Wildman–Crippen MR) is 105 cm³/mol. The van der Waals surface area contributed by atoms with Crippen LogP contribution < -0.4 is 4.90 Å². The van der Waals surface area contributed by atoms with Gasteiger partial charge in [0.05, 0.1) is 6.10 Å². The van der Waals surface area contributed by atoms with Gasteiger partial charge in [-0.3, -0.25) is 0 Å². The van der Waals surface area contributed by atoms with Gasteiger partial charge in [0.1, 0.15) is 0 Å². The summed E-state index contributed by atoms with van der Waals surface area (Å²) in [6, 6.07) is 6.45. The first-order valence-electron chi connectivity index (χ1n) is 9.24. The molecule has 1 N–H and O–H groups in total. The lowest BCUT2D eigenvalue weighted by Gasteiger charge is -2.53. The van der Waals surface area contributed by atoms with Crippen LogP contribution in [0.1, 0.15) is 86.5 Å². The molecule has 2 rings (SSSR count). The number of fused-ring (bicyclic) bond motifs is 1. The molecule has 1 aromatic rings. The lowest BCUT2D eigenvalue weighted by atomic mass is 9.51. The molecule has 2 nitrogen and oxygen atoms in total. The minimum atomic E-state index is -0.455. The van der Waals surface area contributed by atoms with E-state index in [9.17, 15) is 5.11 Å². The molecular weight excluding hydrogens is 294 g/mol. The fraction of sp³-hybridized carbons (Fsp3) is 0.727. The van der Waals surface area contributed by atoms with Gasteiger partial charge >= 0.3 is 0 Å². The lowest BCUT2D eigenvalue weighted by molar-refractivity contribution is 0.0604. The number of anilines is 1. The van der Waals surface area contributed by atoms with Gasteiger partial charge in [-0.2, -0.15) is 0 Å². The van der Waals surface area contributed by atoms with Crippen molar-refractivity contribution < 1.29 is 5.11 Å². The molecule has 0 spiro atoms. The fourth-order valence-electron chi connectivity index (χ4n) is 4.94. The van der Waals surface area contributed by atoms with Crippen LogP contribution >= 0.6 is 0 Å². The van der Waals surface area contributed by atoms with Crippen molar-refractivity contribution in [2.45, 2.75) is 86.3 Å². The molecule has 0 saturated heterocycles. The number of aliphatic hydroxyl groups excluding tert-OH is 1. The molecule has 1 atom stereocenters. The quantitative estimate of drug-likeness (QED) is 0.714. The Hall–Kier alpha value is -1.02. The molecule has 1 unspecified atom stereocenters. The minimum Gasteiger partial charge on any atom is -0.389 e. The van der Waals surface area contributed by atoms with Crippen LogP contribution in [-0.2, 0) is 5.41 Å². The second-order valence-corrected chi connectivity index (χ2v) is 10.6. The Morgan fingerprint density at radius 3 is 1.83 bits per heavy atom. The van der Waals surface area contributed by atoms with Gasteiger partial charge in [0.2, 0.25) is 0 Å². The Bertz CT molecular complexity index is 594. The zero-order chi connectivity index (χ0) is 18.7. The molecule has 1 aliphatic heterocycles. The Morgan fingerprint density at radius 2 is 1.46 bits per heavy atom. The fourth-order valence-corrected chi connectivity index (χ4v) is 4.94. The predicted octanol–water partition coefficient (Wildman–Crippen LogP) is 5.69. The average molecular weight is 332 g/mol. The van der Waals surface area contributed by atoms with Gasteiger partial charge in [0, 0.05) is 23.2 Å². The summed E-state index contributed by atoms with van der Waals surface area (Å²) >= 11 is 0. The average Bonchev–Trinajstić information content (AvgIpc) is 2.73. The van der Waals surface area contributed by atoms with Crippen LogP contribution in [0.4, 0.5) is 5.69 Å². The molecule has 1 aromatic carbocycles. The highest BCUT2D eigenvalue weighted by Crippen LogP contribution is 2.61. The molecule has 0 bridgehead atoms. The van der Waals surface area contributed by atoms with Crippen LogP contribution in [0.2, 0.25) is 0 Å². The highest BCUT2D eigenvalue weighted by atomic mass is 16.3. The number of benzene rings is 1. The molecule has 1 heterocycles. The Kier molecular flexibility index (Phi) is 4.42. The monoisotopic (exact) mass is 331 g/mol. The van der Waals surface area contributed by atoms with Gasteiger partial charge in [-0.05, 0) is 55.7 Å². The van der Waals surface area contributed by atoms with Crippen molar-refractivity contribution >= 4 is 5.69 Å². The number of nitrogens with zero attached hydrogens (tertiary/aromatic N) is 1. The van der Waals surface area contributed by atoms with Crippen LogP contribution in [-0.4, -0.2) is 17.2 Å². The van der Waals surface area contributed by atoms with E-state index < -0.39 is 6.10 Å². The lowest BCUT2D eigenvalue weighted by Crippen LogP contribution is -2.55. The zero-order valence-electron chi connectivity index (χ0n) is 17.4. The van der Waals surface area contributed by atoms with Crippen molar-refractivity contribution in [3.05, 3.63) is 29.3 Å². The zero-order valence-corrected chi connectivity index (χ0v) is 17.4. The molecule has 0 aliphatic carbocycles. The summed E-state index contributed by atoms with van der Waals surface area (Å²) in [5.41, 5.74) is 3.90. The van der Waals surface area contributed by atoms with E-state index in [4.69, 9.17) is 0 Å². The summed E-state index contributed by atoms with van der Waals surface area (Å²) in [4.78, 5) is 2.55. The van der Waals surface area contributed by atoms with E-state index in [1.807, 2.05) is 6.92 Å². The Balaban J connectivity index is 2.93. The summed E-state index contributed by atoms with van der Waals surface area (Å²) in [6.07, 6.45) is -0.455. The van der Waals surface area contributed by atoms with Crippen molar-refractivity contribution in [1.29, 1.82) is 0 Å². The van der Waals surface area contributed by atoms with Crippen molar-refractivity contribution in [1.82, 2.24) is 0 Å². The normalized spacial score (nSPS) is 19.4. The van der Waals surface area contributed by atoms with Crippen LogP contribution in [0.25, 0.3) is 0 Å². The highest BCUT2D eigenvalue weighted by molar-refractivity contribution is 5.68. The van der Waals surface area contributed by atoms with E-state index >= 15 is 0 Å². The molecule has 0 aromatic heterocycles. The summed E-state index contributed by atoms with van der Waals surface area (Å²) in [7, 11) is 0. The topological polar surface area (TPSA) is 23.5 Å². The van der Waals surface area contributed by atoms with Crippen LogP contribution in [0.5, 0.6) is 0 Å². The van der Waals surface area contributed by atoms with Crippen molar-refractivity contribution in [2.24, 2.45) is 10.8 Å². The smallest absolute Gasteiger partial charge is 0.0765 e. The minimum absolute atomic E-state index is 0.0316. The maximum absolute atomic E-state index is 10.5. The largest absolute Gasteiger partial charge is 0.389 e. The van der Waals surface area contributed by atoms with E-state index in [0.717, 1.165) is 12.1 Å². The van der Waals surface area contributed by atoms with Crippen LogP contribution in [0.3, 0.4) is 0 Å². The molecule has 24 heavy (non-hydrogen) atoms. The molecule has 0 amide bonds. The van der Waals surface area contributed by atoms with Crippen molar-refractivity contribution in [3.8, 4) is 0 Å². The second kappa shape index (κ2) is 5.49. The summed E-state index contributed by atoms with van der Waals surface area (Å²) in [5, 5.41) is 10.5. The van der Waals surface area contributed by atoms with E-state index in [1.54, 1.807) is 0 Å². The van der Waals surface area contributed by atoms with Crippen LogP contribution in [0, 0.1) is 10.8 Å². The SMILES string of the molecule is CC(O)c1cccc2c1C(C(C)(C)C)(C(C)(C)C)CN2C(C)(C)C. The summed E-state index contributed by atoms with van der Waals surface area (Å²) < 4.78 is 0. The maximum Gasteiger partial charge on any atom is 0.0765 e. The first kappa shape index (κ1) is 19.3. The van der Waals surface area contributed by atoms with Crippen molar-refractivity contribution in [2.75, 3.05) is 11.4 Å². The van der Waals surface area contributed by atoms with Gasteiger partial charge < -0.3 is 10.0 Å².